The van der Waals surface area contributed by atoms with Crippen LogP contribution in [0.15, 0.2) is 48.5 Å². The maximum absolute atomic E-state index is 13.1. The lowest BCUT2D eigenvalue weighted by molar-refractivity contribution is -0.122. The molecule has 0 aliphatic carbocycles. The number of hydrogen-bond donors (Lipinski definition) is 2. The molecule has 0 saturated carbocycles. The van der Waals surface area contributed by atoms with Gasteiger partial charge in [0, 0.05) is 12.7 Å². The van der Waals surface area contributed by atoms with Gasteiger partial charge in [0.1, 0.15) is 11.6 Å². The van der Waals surface area contributed by atoms with E-state index in [4.69, 9.17) is 4.74 Å². The van der Waals surface area contributed by atoms with Crippen LogP contribution >= 0.6 is 0 Å². The molecule has 0 spiro atoms. The third-order valence-electron chi connectivity index (χ3n) is 4.42. The molecule has 1 atom stereocenters. The highest BCUT2D eigenvalue weighted by Gasteiger charge is 2.24. The first-order valence-electron chi connectivity index (χ1n) is 8.63. The summed E-state index contributed by atoms with van der Waals surface area (Å²) in [4.78, 5) is 24.3. The number of hydrogen-bond acceptors (Lipinski definition) is 4. The summed E-state index contributed by atoms with van der Waals surface area (Å²) in [6.45, 7) is 1.66. The largest absolute Gasteiger partial charge is 0.479 e. The van der Waals surface area contributed by atoms with E-state index in [1.54, 1.807) is 55.1 Å². The average Bonchev–Trinajstić information content (AvgIpc) is 3.05. The Balaban J connectivity index is 1.55. The molecule has 3 aromatic rings. The van der Waals surface area contributed by atoms with Crippen molar-refractivity contribution < 1.29 is 18.7 Å². The third-order valence-corrected chi connectivity index (χ3v) is 4.42. The second kappa shape index (κ2) is 6.80. The molecule has 8 heteroatoms. The fourth-order valence-corrected chi connectivity index (χ4v) is 2.95. The molecule has 0 fully saturated rings. The molecule has 7 nitrogen and oxygen atoms in total. The van der Waals surface area contributed by atoms with Gasteiger partial charge in [-0.25, -0.2) is 4.39 Å². The van der Waals surface area contributed by atoms with Gasteiger partial charge in [0.2, 0.25) is 0 Å². The predicted octanol–water partition coefficient (Wildman–Crippen LogP) is 3.20. The number of benzene rings is 2. The Hall–Kier alpha value is -3.68. The van der Waals surface area contributed by atoms with Crippen LogP contribution in [0.1, 0.15) is 17.4 Å². The van der Waals surface area contributed by atoms with Crippen LogP contribution < -0.4 is 15.4 Å². The van der Waals surface area contributed by atoms with Crippen molar-refractivity contribution in [2.45, 2.75) is 13.0 Å². The van der Waals surface area contributed by atoms with E-state index in [9.17, 15) is 14.0 Å². The lowest BCUT2D eigenvalue weighted by Crippen LogP contribution is -2.34. The van der Waals surface area contributed by atoms with Crippen molar-refractivity contribution in [3.05, 3.63) is 60.0 Å². The molecule has 0 unspecified atom stereocenters. The minimum Gasteiger partial charge on any atom is -0.479 e. The van der Waals surface area contributed by atoms with Crippen molar-refractivity contribution in [1.29, 1.82) is 0 Å². The molecule has 142 valence electrons. The molecule has 1 aliphatic heterocycles. The molecular formula is C20H17FN4O3. The monoisotopic (exact) mass is 380 g/mol. The van der Waals surface area contributed by atoms with Gasteiger partial charge in [-0.3, -0.25) is 14.3 Å². The molecule has 1 aliphatic rings. The molecule has 4 rings (SSSR count). The summed E-state index contributed by atoms with van der Waals surface area (Å²) in [5.74, 6) is -0.437. The first-order chi connectivity index (χ1) is 13.4. The molecule has 2 heterocycles. The molecule has 2 N–H and O–H groups in total. The van der Waals surface area contributed by atoms with Gasteiger partial charge in [0.05, 0.1) is 11.4 Å². The van der Waals surface area contributed by atoms with Gasteiger partial charge < -0.3 is 15.4 Å². The molecule has 0 saturated heterocycles. The van der Waals surface area contributed by atoms with E-state index in [1.807, 2.05) is 0 Å². The number of carbonyl (C=O) groups is 2. The van der Waals surface area contributed by atoms with Crippen molar-refractivity contribution in [1.82, 2.24) is 9.78 Å². The van der Waals surface area contributed by atoms with Gasteiger partial charge in [0.15, 0.2) is 11.8 Å². The number of aryl methyl sites for hydroxylation is 1. The second-order valence-electron chi connectivity index (χ2n) is 6.46. The van der Waals surface area contributed by atoms with Crippen molar-refractivity contribution in [3.63, 3.8) is 0 Å². The van der Waals surface area contributed by atoms with Crippen LogP contribution in [0, 0.1) is 5.82 Å². The molecule has 2 amide bonds. The number of halogens is 1. The highest BCUT2D eigenvalue weighted by atomic mass is 19.1. The lowest BCUT2D eigenvalue weighted by atomic mass is 10.1. The number of rotatable bonds is 3. The second-order valence-corrected chi connectivity index (χ2v) is 6.46. The molecule has 0 bridgehead atoms. The Bertz CT molecular complexity index is 1080. The van der Waals surface area contributed by atoms with Gasteiger partial charge in [-0.15, -0.1) is 0 Å². The topological polar surface area (TPSA) is 85.2 Å². The minimum atomic E-state index is -0.564. The first kappa shape index (κ1) is 17.7. The smallest absolute Gasteiger partial charge is 0.276 e. The molecule has 2 aromatic carbocycles. The van der Waals surface area contributed by atoms with E-state index >= 15 is 0 Å². The maximum atomic E-state index is 13.1. The van der Waals surface area contributed by atoms with Crippen molar-refractivity contribution >= 4 is 23.2 Å². The normalized spacial score (nSPS) is 15.4. The van der Waals surface area contributed by atoms with Crippen molar-refractivity contribution in [2.24, 2.45) is 7.05 Å². The van der Waals surface area contributed by atoms with Crippen LogP contribution in [0.5, 0.6) is 5.75 Å². The van der Waals surface area contributed by atoms with Crippen LogP contribution in [0.3, 0.4) is 0 Å². The minimum absolute atomic E-state index is 0.216. The Labute approximate surface area is 160 Å². The number of anilines is 2. The average molecular weight is 380 g/mol. The SMILES string of the molecule is C[C@@H]1Oc2ccc(NC(=O)c3cc(-c4ccc(F)cc4)n(C)n3)cc2NC1=O. The lowest BCUT2D eigenvalue weighted by Gasteiger charge is -2.23. The van der Waals surface area contributed by atoms with Crippen LogP contribution in [-0.4, -0.2) is 27.7 Å². The fourth-order valence-electron chi connectivity index (χ4n) is 2.95. The number of nitrogens with zero attached hydrogens (tertiary/aromatic N) is 2. The summed E-state index contributed by atoms with van der Waals surface area (Å²) in [5, 5.41) is 9.72. The summed E-state index contributed by atoms with van der Waals surface area (Å²) in [5.41, 5.74) is 2.64. The number of fused-ring (bicyclic) bond motifs is 1. The van der Waals surface area contributed by atoms with E-state index in [0.29, 0.717) is 22.8 Å². The van der Waals surface area contributed by atoms with Crippen LogP contribution in [0.25, 0.3) is 11.3 Å². The summed E-state index contributed by atoms with van der Waals surface area (Å²) in [6, 6.07) is 12.6. The summed E-state index contributed by atoms with van der Waals surface area (Å²) >= 11 is 0. The summed E-state index contributed by atoms with van der Waals surface area (Å²) < 4.78 is 20.2. The van der Waals surface area contributed by atoms with Gasteiger partial charge >= 0.3 is 0 Å². The number of ether oxygens (including phenoxy) is 1. The first-order valence-corrected chi connectivity index (χ1v) is 8.63. The standard InChI is InChI=1S/C20H17FN4O3/c1-11-19(26)23-15-9-14(7-8-18(15)28-11)22-20(27)16-10-17(25(2)24-16)12-3-5-13(21)6-4-12/h3-11H,1-2H3,(H,22,27)(H,23,26)/t11-/m0/s1. The fraction of sp³-hybridized carbons (Fsp3) is 0.150. The van der Waals surface area contributed by atoms with Crippen molar-refractivity contribution in [2.75, 3.05) is 10.6 Å². The zero-order valence-corrected chi connectivity index (χ0v) is 15.2. The Morgan fingerprint density at radius 2 is 1.96 bits per heavy atom. The summed E-state index contributed by atoms with van der Waals surface area (Å²) in [7, 11) is 1.71. The summed E-state index contributed by atoms with van der Waals surface area (Å²) in [6.07, 6.45) is -0.564. The van der Waals surface area contributed by atoms with E-state index in [-0.39, 0.29) is 17.4 Å². The Kier molecular flexibility index (Phi) is 4.31. The Morgan fingerprint density at radius 3 is 2.71 bits per heavy atom. The van der Waals surface area contributed by atoms with E-state index in [0.717, 1.165) is 5.56 Å². The van der Waals surface area contributed by atoms with Gasteiger partial charge in [0.25, 0.3) is 11.8 Å². The number of nitrogens with one attached hydrogen (secondary N) is 2. The Morgan fingerprint density at radius 1 is 1.21 bits per heavy atom. The number of aromatic nitrogens is 2. The number of carbonyl (C=O) groups excluding carboxylic acids is 2. The third kappa shape index (κ3) is 3.32. The number of amides is 2. The molecule has 1 aromatic heterocycles. The van der Waals surface area contributed by atoms with E-state index in [2.05, 4.69) is 15.7 Å². The maximum Gasteiger partial charge on any atom is 0.276 e. The van der Waals surface area contributed by atoms with E-state index in [1.165, 1.54) is 12.1 Å². The highest BCUT2D eigenvalue weighted by Crippen LogP contribution is 2.32. The highest BCUT2D eigenvalue weighted by molar-refractivity contribution is 6.04. The van der Waals surface area contributed by atoms with E-state index < -0.39 is 12.0 Å². The molecule has 0 radical (unpaired) electrons. The molecule has 28 heavy (non-hydrogen) atoms. The van der Waals surface area contributed by atoms with Gasteiger partial charge in [-0.2, -0.15) is 5.10 Å². The quantitative estimate of drug-likeness (QED) is 0.731. The zero-order valence-electron chi connectivity index (χ0n) is 15.2. The predicted molar refractivity (Wildman–Crippen MR) is 102 cm³/mol. The molecular weight excluding hydrogens is 363 g/mol. The van der Waals surface area contributed by atoms with Gasteiger partial charge in [-0.1, -0.05) is 0 Å². The van der Waals surface area contributed by atoms with Crippen LogP contribution in [0.2, 0.25) is 0 Å². The van der Waals surface area contributed by atoms with Crippen LogP contribution in [0.4, 0.5) is 15.8 Å². The zero-order chi connectivity index (χ0) is 19.8. The van der Waals surface area contributed by atoms with Crippen LogP contribution in [-0.2, 0) is 11.8 Å². The van der Waals surface area contributed by atoms with Crippen molar-refractivity contribution in [3.8, 4) is 17.0 Å². The van der Waals surface area contributed by atoms with Gasteiger partial charge in [-0.05, 0) is 61.0 Å².